The molecule has 3 rings (SSSR count). The number of carbonyl (C=O) groups is 2. The lowest BCUT2D eigenvalue weighted by atomic mass is 9.99. The first-order valence-electron chi connectivity index (χ1n) is 8.43. The number of hydrogen-bond donors (Lipinski definition) is 0. The molecule has 0 aromatic carbocycles. The molecular formula is C16H26N2O4. The Kier molecular flexibility index (Phi) is 4.98. The van der Waals surface area contributed by atoms with Crippen LogP contribution in [0, 0.1) is 0 Å². The van der Waals surface area contributed by atoms with E-state index in [0.29, 0.717) is 6.61 Å². The molecule has 0 aromatic heterocycles. The maximum atomic E-state index is 11.9. The molecule has 0 radical (unpaired) electrons. The van der Waals surface area contributed by atoms with Crippen LogP contribution in [-0.4, -0.2) is 72.7 Å². The van der Waals surface area contributed by atoms with Crippen molar-refractivity contribution in [2.45, 2.75) is 57.3 Å². The molecule has 3 aliphatic heterocycles. The monoisotopic (exact) mass is 310 g/mol. The molecule has 0 N–H and O–H groups in total. The number of hydrogen-bond acceptors (Lipinski definition) is 4. The number of ether oxygens (including phenoxy) is 2. The summed E-state index contributed by atoms with van der Waals surface area (Å²) in [6.07, 6.45) is 5.18. The minimum absolute atomic E-state index is 0.0551. The average molecular weight is 310 g/mol. The van der Waals surface area contributed by atoms with Crippen LogP contribution in [0.5, 0.6) is 0 Å². The van der Waals surface area contributed by atoms with Gasteiger partial charge in [-0.1, -0.05) is 0 Å². The molecule has 3 aliphatic rings. The zero-order valence-corrected chi connectivity index (χ0v) is 13.3. The summed E-state index contributed by atoms with van der Waals surface area (Å²) in [5.74, 6) is 0.233. The molecule has 3 atom stereocenters. The van der Waals surface area contributed by atoms with Gasteiger partial charge in [-0.3, -0.25) is 9.59 Å². The van der Waals surface area contributed by atoms with Crippen LogP contribution in [0.4, 0.5) is 0 Å². The van der Waals surface area contributed by atoms with Crippen LogP contribution in [-0.2, 0) is 19.1 Å². The van der Waals surface area contributed by atoms with E-state index in [1.807, 2.05) is 9.80 Å². The molecule has 22 heavy (non-hydrogen) atoms. The minimum Gasteiger partial charge on any atom is -0.370 e. The Hall–Kier alpha value is -1.14. The Balaban J connectivity index is 1.38. The fraction of sp³-hybridized carbons (Fsp3) is 0.875. The predicted octanol–water partition coefficient (Wildman–Crippen LogP) is 0.794. The molecule has 0 bridgehead atoms. The average Bonchev–Trinajstić information content (AvgIpc) is 3.16. The van der Waals surface area contributed by atoms with Crippen LogP contribution in [0.25, 0.3) is 0 Å². The van der Waals surface area contributed by atoms with Crippen molar-refractivity contribution in [1.29, 1.82) is 0 Å². The van der Waals surface area contributed by atoms with Gasteiger partial charge in [0, 0.05) is 26.6 Å². The van der Waals surface area contributed by atoms with Crippen molar-refractivity contribution in [3.05, 3.63) is 0 Å². The van der Waals surface area contributed by atoms with E-state index in [9.17, 15) is 9.59 Å². The predicted molar refractivity (Wildman–Crippen MR) is 80.3 cm³/mol. The molecule has 6 heteroatoms. The van der Waals surface area contributed by atoms with Crippen molar-refractivity contribution >= 4 is 11.8 Å². The van der Waals surface area contributed by atoms with Gasteiger partial charge >= 0.3 is 0 Å². The number of likely N-dealkylation sites (tertiary alicyclic amines) is 2. The maximum Gasteiger partial charge on any atom is 0.248 e. The first-order valence-corrected chi connectivity index (χ1v) is 8.43. The SMILES string of the molecule is CC(=O)N1CC[C@@H]2OC(COCC(=O)N3CCCC3)CC[C@@H]21. The van der Waals surface area contributed by atoms with Crippen molar-refractivity contribution < 1.29 is 19.1 Å². The number of nitrogens with zero attached hydrogens (tertiary/aromatic N) is 2. The maximum absolute atomic E-state index is 11.9. The van der Waals surface area contributed by atoms with E-state index in [4.69, 9.17) is 9.47 Å². The summed E-state index contributed by atoms with van der Waals surface area (Å²) in [5, 5.41) is 0. The molecular weight excluding hydrogens is 284 g/mol. The second-order valence-corrected chi connectivity index (χ2v) is 6.55. The molecule has 0 saturated carbocycles. The summed E-state index contributed by atoms with van der Waals surface area (Å²) in [7, 11) is 0. The van der Waals surface area contributed by atoms with Crippen molar-refractivity contribution in [1.82, 2.24) is 9.80 Å². The second-order valence-electron chi connectivity index (χ2n) is 6.55. The van der Waals surface area contributed by atoms with Crippen LogP contribution in [0.15, 0.2) is 0 Å². The quantitative estimate of drug-likeness (QED) is 0.770. The second kappa shape index (κ2) is 6.96. The third-order valence-electron chi connectivity index (χ3n) is 5.03. The highest BCUT2D eigenvalue weighted by molar-refractivity contribution is 5.77. The number of carbonyl (C=O) groups excluding carboxylic acids is 2. The lowest BCUT2D eigenvalue weighted by Crippen LogP contribution is -2.45. The van der Waals surface area contributed by atoms with E-state index in [0.717, 1.165) is 51.7 Å². The summed E-state index contributed by atoms with van der Waals surface area (Å²) < 4.78 is 11.6. The topological polar surface area (TPSA) is 59.1 Å². The standard InChI is InChI=1S/C16H26N2O4/c1-12(19)18-9-6-15-14(18)5-4-13(22-15)10-21-11-16(20)17-7-2-3-8-17/h13-15H,2-11H2,1H3/t13?,14-,15-/m0/s1. The summed E-state index contributed by atoms with van der Waals surface area (Å²) in [4.78, 5) is 27.3. The Morgan fingerprint density at radius 1 is 1.14 bits per heavy atom. The molecule has 0 aromatic rings. The third-order valence-corrected chi connectivity index (χ3v) is 5.03. The molecule has 3 heterocycles. The fourth-order valence-electron chi connectivity index (χ4n) is 3.85. The molecule has 1 unspecified atom stereocenters. The van der Waals surface area contributed by atoms with Crippen LogP contribution >= 0.6 is 0 Å². The summed E-state index contributed by atoms with van der Waals surface area (Å²) in [6, 6.07) is 0.236. The number of rotatable bonds is 4. The van der Waals surface area contributed by atoms with Crippen LogP contribution in [0.2, 0.25) is 0 Å². The molecule has 0 spiro atoms. The van der Waals surface area contributed by atoms with Gasteiger partial charge < -0.3 is 19.3 Å². The van der Waals surface area contributed by atoms with Crippen molar-refractivity contribution in [3.8, 4) is 0 Å². The number of amides is 2. The highest BCUT2D eigenvalue weighted by Gasteiger charge is 2.40. The van der Waals surface area contributed by atoms with Crippen molar-refractivity contribution in [3.63, 3.8) is 0 Å². The van der Waals surface area contributed by atoms with Gasteiger partial charge in [-0.2, -0.15) is 0 Å². The zero-order chi connectivity index (χ0) is 15.5. The van der Waals surface area contributed by atoms with Gasteiger partial charge in [-0.15, -0.1) is 0 Å². The van der Waals surface area contributed by atoms with Crippen LogP contribution in [0.1, 0.15) is 39.0 Å². The van der Waals surface area contributed by atoms with Gasteiger partial charge in [0.2, 0.25) is 11.8 Å². The van der Waals surface area contributed by atoms with Gasteiger partial charge in [0.1, 0.15) is 6.61 Å². The van der Waals surface area contributed by atoms with E-state index < -0.39 is 0 Å². The molecule has 124 valence electrons. The molecule has 3 fully saturated rings. The number of fused-ring (bicyclic) bond motifs is 1. The van der Waals surface area contributed by atoms with E-state index in [-0.39, 0.29) is 36.7 Å². The summed E-state index contributed by atoms with van der Waals surface area (Å²) >= 11 is 0. The Morgan fingerprint density at radius 3 is 2.64 bits per heavy atom. The Morgan fingerprint density at radius 2 is 1.91 bits per heavy atom. The minimum atomic E-state index is 0.0551. The van der Waals surface area contributed by atoms with E-state index in [2.05, 4.69) is 0 Å². The van der Waals surface area contributed by atoms with E-state index in [1.54, 1.807) is 6.92 Å². The highest BCUT2D eigenvalue weighted by atomic mass is 16.5. The lowest BCUT2D eigenvalue weighted by Gasteiger charge is -2.35. The van der Waals surface area contributed by atoms with E-state index >= 15 is 0 Å². The summed E-state index contributed by atoms with van der Waals surface area (Å²) in [5.41, 5.74) is 0. The van der Waals surface area contributed by atoms with Crippen LogP contribution in [0.3, 0.4) is 0 Å². The molecule has 0 aliphatic carbocycles. The smallest absolute Gasteiger partial charge is 0.248 e. The highest BCUT2D eigenvalue weighted by Crippen LogP contribution is 2.31. The van der Waals surface area contributed by atoms with Crippen molar-refractivity contribution in [2.75, 3.05) is 32.8 Å². The molecule has 2 amide bonds. The molecule has 6 nitrogen and oxygen atoms in total. The molecule has 3 saturated heterocycles. The normalized spacial score (nSPS) is 31.4. The van der Waals surface area contributed by atoms with E-state index in [1.165, 1.54) is 0 Å². The largest absolute Gasteiger partial charge is 0.370 e. The summed E-state index contributed by atoms with van der Waals surface area (Å²) in [6.45, 7) is 4.79. The van der Waals surface area contributed by atoms with Crippen LogP contribution < -0.4 is 0 Å². The van der Waals surface area contributed by atoms with Gasteiger partial charge in [-0.25, -0.2) is 0 Å². The fourth-order valence-corrected chi connectivity index (χ4v) is 3.85. The third kappa shape index (κ3) is 3.43. The Labute approximate surface area is 131 Å². The lowest BCUT2D eigenvalue weighted by molar-refractivity contribution is -0.143. The Bertz CT molecular complexity index is 422. The van der Waals surface area contributed by atoms with Gasteiger partial charge in [0.25, 0.3) is 0 Å². The zero-order valence-electron chi connectivity index (χ0n) is 13.3. The van der Waals surface area contributed by atoms with Gasteiger partial charge in [0.15, 0.2) is 0 Å². The van der Waals surface area contributed by atoms with Gasteiger partial charge in [0.05, 0.1) is 24.9 Å². The van der Waals surface area contributed by atoms with Gasteiger partial charge in [-0.05, 0) is 32.1 Å². The first kappa shape index (κ1) is 15.7. The van der Waals surface area contributed by atoms with Crippen molar-refractivity contribution in [2.24, 2.45) is 0 Å². The first-order chi connectivity index (χ1) is 10.6.